The third-order valence-electron chi connectivity index (χ3n) is 5.72. The van der Waals surface area contributed by atoms with E-state index in [1.54, 1.807) is 7.11 Å². The first-order valence-corrected chi connectivity index (χ1v) is 12.8. The molecule has 2 aliphatic rings. The Morgan fingerprint density at radius 2 is 1.96 bits per heavy atom. The Morgan fingerprint density at radius 3 is 2.58 bits per heavy atom. The smallest absolute Gasteiger partial charge is 0.192 e. The van der Waals surface area contributed by atoms with Gasteiger partial charge in [0.25, 0.3) is 0 Å². The van der Waals surface area contributed by atoms with E-state index in [1.807, 2.05) is 6.21 Å². The summed E-state index contributed by atoms with van der Waals surface area (Å²) in [4.78, 5) is 0. The van der Waals surface area contributed by atoms with E-state index >= 15 is 0 Å². The van der Waals surface area contributed by atoms with Crippen LogP contribution in [0.3, 0.4) is 0 Å². The maximum absolute atomic E-state index is 6.64. The van der Waals surface area contributed by atoms with Crippen molar-refractivity contribution in [2.75, 3.05) is 33.5 Å². The van der Waals surface area contributed by atoms with Crippen LogP contribution in [0, 0.1) is 0 Å². The minimum Gasteiger partial charge on any atom is -0.409 e. The van der Waals surface area contributed by atoms with Crippen molar-refractivity contribution in [3.63, 3.8) is 0 Å². The van der Waals surface area contributed by atoms with E-state index < -0.39 is 8.32 Å². The van der Waals surface area contributed by atoms with E-state index in [0.29, 0.717) is 19.3 Å². The topological polar surface area (TPSA) is 52.5 Å². The van der Waals surface area contributed by atoms with Crippen molar-refractivity contribution < 1.29 is 18.6 Å². The third-order valence-corrected chi connectivity index (χ3v) is 10.2. The van der Waals surface area contributed by atoms with E-state index in [1.165, 1.54) is 6.42 Å². The summed E-state index contributed by atoms with van der Waals surface area (Å²) >= 11 is 0. The van der Waals surface area contributed by atoms with Gasteiger partial charge in [-0.3, -0.25) is 5.01 Å². The summed E-state index contributed by atoms with van der Waals surface area (Å²) in [7, 11) is -0.115. The van der Waals surface area contributed by atoms with Crippen LogP contribution in [0.1, 0.15) is 46.5 Å². The monoisotopic (exact) mass is 386 g/mol. The lowest BCUT2D eigenvalue weighted by molar-refractivity contribution is -0.0509. The summed E-state index contributed by atoms with van der Waals surface area (Å²) in [6, 6.07) is 0.381. The average Bonchev–Trinajstić information content (AvgIpc) is 3.21. The van der Waals surface area contributed by atoms with Gasteiger partial charge in [0.1, 0.15) is 0 Å². The van der Waals surface area contributed by atoms with Gasteiger partial charge in [-0.2, -0.15) is 5.10 Å². The van der Waals surface area contributed by atoms with Gasteiger partial charge in [-0.05, 0) is 37.4 Å². The molecule has 0 radical (unpaired) electrons. The van der Waals surface area contributed by atoms with Gasteiger partial charge < -0.3 is 18.6 Å². The Hall–Kier alpha value is -0.473. The molecule has 2 saturated heterocycles. The van der Waals surface area contributed by atoms with E-state index in [9.17, 15) is 0 Å². The molecule has 0 amide bonds. The van der Waals surface area contributed by atoms with E-state index in [0.717, 1.165) is 32.4 Å². The normalized spacial score (nSPS) is 24.1. The molecule has 2 aliphatic heterocycles. The van der Waals surface area contributed by atoms with Crippen molar-refractivity contribution in [1.29, 1.82) is 0 Å². The number of nitrogens with zero attached hydrogens (tertiary/aromatic N) is 2. The van der Waals surface area contributed by atoms with Gasteiger partial charge in [-0.15, -0.1) is 0 Å². The second-order valence-electron chi connectivity index (χ2n) is 8.84. The van der Waals surface area contributed by atoms with Crippen LogP contribution in [0.25, 0.3) is 0 Å². The highest BCUT2D eigenvalue weighted by atomic mass is 28.4. The molecule has 2 rings (SSSR count). The predicted octanol–water partition coefficient (Wildman–Crippen LogP) is 3.63. The van der Waals surface area contributed by atoms with E-state index in [4.69, 9.17) is 23.7 Å². The van der Waals surface area contributed by atoms with Crippen LogP contribution >= 0.6 is 0 Å². The summed E-state index contributed by atoms with van der Waals surface area (Å²) < 4.78 is 23.1. The summed E-state index contributed by atoms with van der Waals surface area (Å²) in [6.07, 6.45) is 5.92. The van der Waals surface area contributed by atoms with Gasteiger partial charge >= 0.3 is 0 Å². The zero-order valence-electron chi connectivity index (χ0n) is 17.5. The van der Waals surface area contributed by atoms with Gasteiger partial charge in [-0.25, -0.2) is 0 Å². The first-order chi connectivity index (χ1) is 12.2. The number of hydrogen-bond donors (Lipinski definition) is 0. The van der Waals surface area contributed by atoms with Crippen LogP contribution in [-0.2, 0) is 18.6 Å². The zero-order chi connectivity index (χ0) is 19.2. The Balaban J connectivity index is 2.00. The first-order valence-electron chi connectivity index (χ1n) is 9.93. The van der Waals surface area contributed by atoms with Crippen LogP contribution in [0.5, 0.6) is 0 Å². The molecule has 7 heteroatoms. The number of ether oxygens (including phenoxy) is 3. The molecule has 0 unspecified atom stereocenters. The van der Waals surface area contributed by atoms with Crippen molar-refractivity contribution in [3.8, 4) is 0 Å². The number of hydrogen-bond acceptors (Lipinski definition) is 6. The summed E-state index contributed by atoms with van der Waals surface area (Å²) in [5.41, 5.74) is 0. The molecule has 0 aromatic rings. The Morgan fingerprint density at radius 1 is 1.27 bits per heavy atom. The molecule has 0 aromatic heterocycles. The van der Waals surface area contributed by atoms with Crippen molar-refractivity contribution in [2.24, 2.45) is 5.10 Å². The molecule has 0 saturated carbocycles. The standard InChI is InChI=1S/C19H38N2O4Si/c1-19(2,3)26(5,6)25-17(9-10-18-23-12-13-24-18)14-20-21-11-7-8-16(21)15-22-4/h14,16-18H,7-13,15H2,1-6H3/b20-14+/t16-,17-/m0/s1. The lowest BCUT2D eigenvalue weighted by atomic mass is 10.2. The second kappa shape index (κ2) is 9.64. The van der Waals surface area contributed by atoms with Crippen LogP contribution < -0.4 is 0 Å². The zero-order valence-corrected chi connectivity index (χ0v) is 18.5. The van der Waals surface area contributed by atoms with Crippen molar-refractivity contribution in [1.82, 2.24) is 5.01 Å². The SMILES string of the molecule is COC[C@@H]1CCCN1/N=C/[C@H](CCC1OCCO1)O[Si](C)(C)C(C)(C)C. The maximum Gasteiger partial charge on any atom is 0.192 e. The fraction of sp³-hybridized carbons (Fsp3) is 0.947. The Kier molecular flexibility index (Phi) is 8.09. The largest absolute Gasteiger partial charge is 0.409 e. The van der Waals surface area contributed by atoms with E-state index in [2.05, 4.69) is 38.9 Å². The lowest BCUT2D eigenvalue weighted by Gasteiger charge is -2.38. The maximum atomic E-state index is 6.64. The molecule has 26 heavy (non-hydrogen) atoms. The van der Waals surface area contributed by atoms with Gasteiger partial charge in [0, 0.05) is 20.1 Å². The molecule has 2 heterocycles. The van der Waals surface area contributed by atoms with Crippen LogP contribution in [-0.4, -0.2) is 71.5 Å². The molecular formula is C19H38N2O4Si. The number of methoxy groups -OCH3 is 1. The van der Waals surface area contributed by atoms with Crippen molar-refractivity contribution in [3.05, 3.63) is 0 Å². The Bertz CT molecular complexity index is 447. The summed E-state index contributed by atoms with van der Waals surface area (Å²) in [5, 5.41) is 7.11. The molecule has 2 fully saturated rings. The first kappa shape index (κ1) is 21.8. The average molecular weight is 387 g/mol. The third kappa shape index (κ3) is 6.30. The summed E-state index contributed by atoms with van der Waals surface area (Å²) in [6.45, 7) is 14.5. The van der Waals surface area contributed by atoms with Crippen LogP contribution in [0.4, 0.5) is 0 Å². The molecule has 0 aliphatic carbocycles. The minimum atomic E-state index is -1.87. The van der Waals surface area contributed by atoms with Crippen LogP contribution in [0.15, 0.2) is 5.10 Å². The predicted molar refractivity (Wildman–Crippen MR) is 107 cm³/mol. The van der Waals surface area contributed by atoms with Gasteiger partial charge in [0.05, 0.1) is 38.2 Å². The van der Waals surface area contributed by atoms with Crippen molar-refractivity contribution >= 4 is 14.5 Å². The molecule has 0 aromatic carbocycles. The van der Waals surface area contributed by atoms with Gasteiger partial charge in [0.2, 0.25) is 0 Å². The fourth-order valence-electron chi connectivity index (χ4n) is 3.09. The summed E-state index contributed by atoms with van der Waals surface area (Å²) in [5.74, 6) is 0. The Labute approximate surface area is 160 Å². The number of rotatable bonds is 9. The molecule has 2 atom stereocenters. The highest BCUT2D eigenvalue weighted by Gasteiger charge is 2.39. The molecule has 0 spiro atoms. The van der Waals surface area contributed by atoms with Gasteiger partial charge in [0.15, 0.2) is 14.6 Å². The minimum absolute atomic E-state index is 0.00696. The van der Waals surface area contributed by atoms with E-state index in [-0.39, 0.29) is 17.4 Å². The highest BCUT2D eigenvalue weighted by molar-refractivity contribution is 6.74. The lowest BCUT2D eigenvalue weighted by Crippen LogP contribution is -2.44. The molecule has 6 nitrogen and oxygen atoms in total. The molecule has 0 N–H and O–H groups in total. The molecule has 152 valence electrons. The molecule has 0 bridgehead atoms. The molecular weight excluding hydrogens is 348 g/mol. The highest BCUT2D eigenvalue weighted by Crippen LogP contribution is 2.37. The quantitative estimate of drug-likeness (QED) is 0.447. The second-order valence-corrected chi connectivity index (χ2v) is 13.6. The fourth-order valence-corrected chi connectivity index (χ4v) is 4.38. The van der Waals surface area contributed by atoms with Crippen LogP contribution in [0.2, 0.25) is 18.1 Å². The number of hydrazone groups is 1. The van der Waals surface area contributed by atoms with Crippen molar-refractivity contribution in [2.45, 2.75) is 83.0 Å². The van der Waals surface area contributed by atoms with Gasteiger partial charge in [-0.1, -0.05) is 20.8 Å².